The maximum absolute atomic E-state index is 11.2. The fourth-order valence-electron chi connectivity index (χ4n) is 0.878. The molecule has 6 nitrogen and oxygen atoms in total. The van der Waals surface area contributed by atoms with E-state index in [1.807, 2.05) is 0 Å². The molecule has 1 atom stereocenters. The number of amides is 3. The first-order valence-corrected chi connectivity index (χ1v) is 4.78. The normalized spacial score (nSPS) is 11.4. The summed E-state index contributed by atoms with van der Waals surface area (Å²) < 4.78 is 0. The van der Waals surface area contributed by atoms with Gasteiger partial charge in [-0.2, -0.15) is 0 Å². The van der Waals surface area contributed by atoms with Crippen molar-refractivity contribution in [1.29, 1.82) is 0 Å². The Morgan fingerprint density at radius 2 is 1.80 bits per heavy atom. The van der Waals surface area contributed by atoms with Crippen molar-refractivity contribution in [3.8, 4) is 0 Å². The summed E-state index contributed by atoms with van der Waals surface area (Å²) >= 11 is 0. The largest absolute Gasteiger partial charge is 0.357 e. The van der Waals surface area contributed by atoms with Crippen LogP contribution in [0.15, 0.2) is 0 Å². The Kier molecular flexibility index (Phi) is 6.08. The predicted molar refractivity (Wildman–Crippen MR) is 55.0 cm³/mol. The van der Waals surface area contributed by atoms with Crippen molar-refractivity contribution in [2.24, 2.45) is 0 Å². The molecule has 0 aromatic heterocycles. The molecule has 0 aliphatic heterocycles. The lowest BCUT2D eigenvalue weighted by atomic mass is 10.3. The Morgan fingerprint density at radius 3 is 2.27 bits per heavy atom. The number of nitrogens with one attached hydrogen (secondary N) is 3. The quantitative estimate of drug-likeness (QED) is 0.536. The molecule has 1 unspecified atom stereocenters. The molecule has 0 aromatic rings. The highest BCUT2D eigenvalue weighted by Gasteiger charge is 2.13. The maximum Gasteiger partial charge on any atom is 0.242 e. The van der Waals surface area contributed by atoms with E-state index in [0.29, 0.717) is 6.42 Å². The molecule has 3 amide bonds. The monoisotopic (exact) mass is 215 g/mol. The van der Waals surface area contributed by atoms with Crippen molar-refractivity contribution in [1.82, 2.24) is 16.0 Å². The Labute approximate surface area is 88.8 Å². The van der Waals surface area contributed by atoms with Crippen LogP contribution >= 0.6 is 0 Å². The van der Waals surface area contributed by atoms with Crippen LogP contribution in [0.3, 0.4) is 0 Å². The fraction of sp³-hybridized carbons (Fsp3) is 0.667. The standard InChI is InChI=1S/C9H17N3O3/c1-4-7(13)11-5-8(14)12-6(2)9(15)10-3/h6H,4-5H2,1-3H3,(H,10,15)(H,11,13)(H,12,14). The summed E-state index contributed by atoms with van der Waals surface area (Å²) in [5, 5.41) is 7.26. The van der Waals surface area contributed by atoms with Crippen LogP contribution in [0.1, 0.15) is 20.3 Å². The van der Waals surface area contributed by atoms with Gasteiger partial charge in [-0.25, -0.2) is 0 Å². The zero-order valence-corrected chi connectivity index (χ0v) is 9.22. The van der Waals surface area contributed by atoms with Gasteiger partial charge >= 0.3 is 0 Å². The van der Waals surface area contributed by atoms with Crippen molar-refractivity contribution in [2.45, 2.75) is 26.3 Å². The topological polar surface area (TPSA) is 87.3 Å². The molecule has 0 radical (unpaired) electrons. The molecule has 0 aliphatic carbocycles. The minimum atomic E-state index is -0.596. The second-order valence-corrected chi connectivity index (χ2v) is 3.03. The second-order valence-electron chi connectivity index (χ2n) is 3.03. The third kappa shape index (κ3) is 5.66. The van der Waals surface area contributed by atoms with E-state index < -0.39 is 6.04 Å². The predicted octanol–water partition coefficient (Wildman–Crippen LogP) is -1.24. The average molecular weight is 215 g/mol. The molecule has 3 N–H and O–H groups in total. The number of rotatable bonds is 5. The lowest BCUT2D eigenvalue weighted by Crippen LogP contribution is -2.47. The summed E-state index contributed by atoms with van der Waals surface area (Å²) in [7, 11) is 1.49. The summed E-state index contributed by atoms with van der Waals surface area (Å²) in [5.41, 5.74) is 0. The summed E-state index contributed by atoms with van der Waals surface area (Å²) in [4.78, 5) is 33.0. The summed E-state index contributed by atoms with van der Waals surface area (Å²) in [6.07, 6.45) is 0.332. The fourth-order valence-corrected chi connectivity index (χ4v) is 0.878. The molecule has 0 fully saturated rings. The van der Waals surface area contributed by atoms with Gasteiger partial charge in [-0.3, -0.25) is 14.4 Å². The lowest BCUT2D eigenvalue weighted by Gasteiger charge is -2.12. The highest BCUT2D eigenvalue weighted by atomic mass is 16.2. The third-order valence-electron chi connectivity index (χ3n) is 1.78. The molecule has 0 spiro atoms. The van der Waals surface area contributed by atoms with Crippen LogP contribution in [-0.4, -0.2) is 37.4 Å². The molecule has 6 heteroatoms. The SMILES string of the molecule is CCC(=O)NCC(=O)NC(C)C(=O)NC. The molecule has 86 valence electrons. The van der Waals surface area contributed by atoms with E-state index in [2.05, 4.69) is 16.0 Å². The molecule has 0 aromatic carbocycles. The van der Waals surface area contributed by atoms with Crippen LogP contribution < -0.4 is 16.0 Å². The van der Waals surface area contributed by atoms with Gasteiger partial charge in [0.2, 0.25) is 17.7 Å². The van der Waals surface area contributed by atoms with Crippen LogP contribution in [0, 0.1) is 0 Å². The van der Waals surface area contributed by atoms with Gasteiger partial charge in [0.25, 0.3) is 0 Å². The molecule has 0 saturated carbocycles. The summed E-state index contributed by atoms with van der Waals surface area (Å²) in [6, 6.07) is -0.596. The third-order valence-corrected chi connectivity index (χ3v) is 1.78. The van der Waals surface area contributed by atoms with E-state index in [9.17, 15) is 14.4 Å². The van der Waals surface area contributed by atoms with Crippen LogP contribution in [0.5, 0.6) is 0 Å². The van der Waals surface area contributed by atoms with Gasteiger partial charge in [0.05, 0.1) is 6.54 Å². The lowest BCUT2D eigenvalue weighted by molar-refractivity contribution is -0.129. The van der Waals surface area contributed by atoms with E-state index in [1.54, 1.807) is 13.8 Å². The molecule has 15 heavy (non-hydrogen) atoms. The smallest absolute Gasteiger partial charge is 0.242 e. The highest BCUT2D eigenvalue weighted by molar-refractivity contribution is 5.89. The second kappa shape index (κ2) is 6.80. The average Bonchev–Trinajstić information content (AvgIpc) is 2.24. The minimum absolute atomic E-state index is 0.103. The molecular formula is C9H17N3O3. The van der Waals surface area contributed by atoms with Gasteiger partial charge in [0, 0.05) is 13.5 Å². The minimum Gasteiger partial charge on any atom is -0.357 e. The van der Waals surface area contributed by atoms with Gasteiger partial charge in [-0.1, -0.05) is 6.92 Å². The first-order chi connectivity index (χ1) is 7.01. The van der Waals surface area contributed by atoms with Crippen molar-refractivity contribution in [3.05, 3.63) is 0 Å². The van der Waals surface area contributed by atoms with Crippen molar-refractivity contribution >= 4 is 17.7 Å². The first-order valence-electron chi connectivity index (χ1n) is 4.78. The summed E-state index contributed by atoms with van der Waals surface area (Å²) in [5.74, 6) is -0.851. The number of likely N-dealkylation sites (N-methyl/N-ethyl adjacent to an activating group) is 1. The van der Waals surface area contributed by atoms with Crippen molar-refractivity contribution in [3.63, 3.8) is 0 Å². The molecule has 0 rings (SSSR count). The Hall–Kier alpha value is -1.59. The van der Waals surface area contributed by atoms with E-state index in [-0.39, 0.29) is 24.3 Å². The van der Waals surface area contributed by atoms with Gasteiger partial charge in [0.1, 0.15) is 6.04 Å². The van der Waals surface area contributed by atoms with E-state index in [1.165, 1.54) is 7.05 Å². The van der Waals surface area contributed by atoms with Crippen molar-refractivity contribution < 1.29 is 14.4 Å². The Balaban J connectivity index is 3.83. The molecule has 0 heterocycles. The number of carbonyl (C=O) groups excluding carboxylic acids is 3. The van der Waals surface area contributed by atoms with E-state index in [4.69, 9.17) is 0 Å². The zero-order chi connectivity index (χ0) is 11.8. The van der Waals surface area contributed by atoms with Crippen molar-refractivity contribution in [2.75, 3.05) is 13.6 Å². The first kappa shape index (κ1) is 13.4. The summed E-state index contributed by atoms with van der Waals surface area (Å²) in [6.45, 7) is 3.16. The number of hydrogen-bond acceptors (Lipinski definition) is 3. The van der Waals surface area contributed by atoms with Crippen LogP contribution in [0.2, 0.25) is 0 Å². The Morgan fingerprint density at radius 1 is 1.20 bits per heavy atom. The van der Waals surface area contributed by atoms with Crippen LogP contribution in [-0.2, 0) is 14.4 Å². The molecule has 0 saturated heterocycles. The Bertz CT molecular complexity index is 253. The van der Waals surface area contributed by atoms with Gasteiger partial charge < -0.3 is 16.0 Å². The number of carbonyl (C=O) groups is 3. The van der Waals surface area contributed by atoms with Crippen LogP contribution in [0.25, 0.3) is 0 Å². The van der Waals surface area contributed by atoms with Gasteiger partial charge in [0.15, 0.2) is 0 Å². The van der Waals surface area contributed by atoms with E-state index in [0.717, 1.165) is 0 Å². The zero-order valence-electron chi connectivity index (χ0n) is 9.22. The van der Waals surface area contributed by atoms with Gasteiger partial charge in [-0.05, 0) is 6.92 Å². The van der Waals surface area contributed by atoms with E-state index >= 15 is 0 Å². The molecule has 0 bridgehead atoms. The maximum atomic E-state index is 11.2. The highest BCUT2D eigenvalue weighted by Crippen LogP contribution is 1.81. The molecular weight excluding hydrogens is 198 g/mol. The molecule has 0 aliphatic rings. The van der Waals surface area contributed by atoms with Gasteiger partial charge in [-0.15, -0.1) is 0 Å². The number of hydrogen-bond donors (Lipinski definition) is 3. The van der Waals surface area contributed by atoms with Crippen LogP contribution in [0.4, 0.5) is 0 Å².